The molecule has 1 aliphatic rings. The molecule has 24 heavy (non-hydrogen) atoms. The highest BCUT2D eigenvalue weighted by atomic mass is 16.2. The van der Waals surface area contributed by atoms with E-state index in [9.17, 15) is 14.4 Å². The monoisotopic (exact) mass is 327 g/mol. The first-order chi connectivity index (χ1) is 11.5. The summed E-state index contributed by atoms with van der Waals surface area (Å²) in [5.41, 5.74) is 0.783. The Bertz CT molecular complexity index is 833. The van der Waals surface area contributed by atoms with Crippen molar-refractivity contribution in [1.29, 1.82) is 0 Å². The van der Waals surface area contributed by atoms with Crippen LogP contribution in [0.25, 0.3) is 10.9 Å². The van der Waals surface area contributed by atoms with Gasteiger partial charge in [0.25, 0.3) is 5.91 Å². The zero-order valence-electron chi connectivity index (χ0n) is 13.9. The predicted octanol–water partition coefficient (Wildman–Crippen LogP) is 1.47. The largest absolute Gasteiger partial charge is 0.339 e. The van der Waals surface area contributed by atoms with Crippen LogP contribution in [-0.2, 0) is 4.79 Å². The molecular weight excluding hydrogens is 306 g/mol. The van der Waals surface area contributed by atoms with Gasteiger partial charge in [0.05, 0.1) is 5.56 Å². The second-order valence-electron chi connectivity index (χ2n) is 6.37. The van der Waals surface area contributed by atoms with Gasteiger partial charge in [0.1, 0.15) is 0 Å². The van der Waals surface area contributed by atoms with Gasteiger partial charge in [-0.25, -0.2) is 0 Å². The first-order valence-corrected chi connectivity index (χ1v) is 8.17. The number of benzene rings is 1. The number of amides is 2. The van der Waals surface area contributed by atoms with Crippen molar-refractivity contribution < 1.29 is 9.59 Å². The fraction of sp³-hybridized carbons (Fsp3) is 0.389. The number of aromatic nitrogens is 1. The third kappa shape index (κ3) is 3.04. The molecule has 1 saturated heterocycles. The van der Waals surface area contributed by atoms with Gasteiger partial charge >= 0.3 is 0 Å². The number of rotatable bonds is 2. The normalized spacial score (nSPS) is 15.1. The van der Waals surface area contributed by atoms with Gasteiger partial charge in [0, 0.05) is 49.1 Å². The highest BCUT2D eigenvalue weighted by Crippen LogP contribution is 2.18. The van der Waals surface area contributed by atoms with Crippen molar-refractivity contribution in [3.63, 3.8) is 0 Å². The van der Waals surface area contributed by atoms with Crippen molar-refractivity contribution in [2.45, 2.75) is 13.8 Å². The van der Waals surface area contributed by atoms with Crippen LogP contribution < -0.4 is 5.56 Å². The lowest BCUT2D eigenvalue weighted by molar-refractivity contribution is -0.135. The van der Waals surface area contributed by atoms with Crippen LogP contribution in [0.15, 0.2) is 35.1 Å². The van der Waals surface area contributed by atoms with E-state index in [1.165, 1.54) is 6.07 Å². The third-order valence-electron chi connectivity index (χ3n) is 4.35. The molecule has 0 saturated carbocycles. The zero-order valence-corrected chi connectivity index (χ0v) is 13.9. The Morgan fingerprint density at radius 1 is 1.04 bits per heavy atom. The molecule has 6 heteroatoms. The molecule has 1 aromatic heterocycles. The molecule has 1 aromatic carbocycles. The Morgan fingerprint density at radius 3 is 2.33 bits per heavy atom. The van der Waals surface area contributed by atoms with E-state index in [2.05, 4.69) is 4.98 Å². The number of carbonyl (C=O) groups is 2. The SMILES string of the molecule is CC(C)C(=O)N1CCN(C(=O)c2cc(=O)[nH]c3ccccc23)CC1. The number of carbonyl (C=O) groups excluding carboxylic acids is 2. The van der Waals surface area contributed by atoms with E-state index in [0.29, 0.717) is 37.3 Å². The van der Waals surface area contributed by atoms with Crippen LogP contribution in [0.3, 0.4) is 0 Å². The Labute approximate surface area is 140 Å². The molecule has 0 unspecified atom stereocenters. The number of para-hydroxylation sites is 1. The summed E-state index contributed by atoms with van der Waals surface area (Å²) in [7, 11) is 0. The lowest BCUT2D eigenvalue weighted by Gasteiger charge is -2.35. The van der Waals surface area contributed by atoms with Crippen LogP contribution in [0.1, 0.15) is 24.2 Å². The average molecular weight is 327 g/mol. The van der Waals surface area contributed by atoms with E-state index in [0.717, 1.165) is 5.39 Å². The maximum absolute atomic E-state index is 12.8. The second kappa shape index (κ2) is 6.47. The molecule has 0 spiro atoms. The minimum atomic E-state index is -0.286. The summed E-state index contributed by atoms with van der Waals surface area (Å²) in [4.78, 5) is 43.0. The maximum Gasteiger partial charge on any atom is 0.254 e. The predicted molar refractivity (Wildman–Crippen MR) is 91.9 cm³/mol. The standard InChI is InChI=1S/C18H21N3O3/c1-12(2)17(23)20-7-9-21(10-8-20)18(24)14-11-16(22)19-15-6-4-3-5-13(14)15/h3-6,11-12H,7-10H2,1-2H3,(H,19,22). The number of pyridine rings is 1. The van der Waals surface area contributed by atoms with Gasteiger partial charge in [-0.15, -0.1) is 0 Å². The van der Waals surface area contributed by atoms with Gasteiger partial charge in [0.15, 0.2) is 0 Å². The van der Waals surface area contributed by atoms with E-state index < -0.39 is 0 Å². The third-order valence-corrected chi connectivity index (χ3v) is 4.35. The molecule has 3 rings (SSSR count). The molecule has 1 fully saturated rings. The molecule has 1 aliphatic heterocycles. The van der Waals surface area contributed by atoms with Crippen molar-refractivity contribution >= 4 is 22.7 Å². The van der Waals surface area contributed by atoms with Crippen molar-refractivity contribution in [3.8, 4) is 0 Å². The van der Waals surface area contributed by atoms with Gasteiger partial charge in [-0.05, 0) is 6.07 Å². The Morgan fingerprint density at radius 2 is 1.67 bits per heavy atom. The summed E-state index contributed by atoms with van der Waals surface area (Å²) in [6, 6.07) is 8.64. The van der Waals surface area contributed by atoms with Crippen LogP contribution in [0.4, 0.5) is 0 Å². The molecule has 126 valence electrons. The number of hydrogen-bond donors (Lipinski definition) is 1. The minimum Gasteiger partial charge on any atom is -0.339 e. The van der Waals surface area contributed by atoms with Crippen molar-refractivity contribution in [2.75, 3.05) is 26.2 Å². The summed E-state index contributed by atoms with van der Waals surface area (Å²) in [5, 5.41) is 0.739. The molecule has 0 aliphatic carbocycles. The van der Waals surface area contributed by atoms with Gasteiger partial charge in [-0.3, -0.25) is 14.4 Å². The summed E-state index contributed by atoms with van der Waals surface area (Å²) in [6.07, 6.45) is 0. The van der Waals surface area contributed by atoms with Crippen LogP contribution in [-0.4, -0.2) is 52.8 Å². The zero-order chi connectivity index (χ0) is 17.3. The minimum absolute atomic E-state index is 0.0381. The van der Waals surface area contributed by atoms with Crippen LogP contribution >= 0.6 is 0 Å². The van der Waals surface area contributed by atoms with E-state index in [4.69, 9.17) is 0 Å². The quantitative estimate of drug-likeness (QED) is 0.908. The first-order valence-electron chi connectivity index (χ1n) is 8.17. The number of piperazine rings is 1. The molecule has 0 radical (unpaired) electrons. The Kier molecular flexibility index (Phi) is 4.38. The highest BCUT2D eigenvalue weighted by Gasteiger charge is 2.26. The number of nitrogens with one attached hydrogen (secondary N) is 1. The summed E-state index contributed by atoms with van der Waals surface area (Å²) < 4.78 is 0. The molecule has 1 N–H and O–H groups in total. The van der Waals surface area contributed by atoms with Gasteiger partial charge in [-0.1, -0.05) is 32.0 Å². The van der Waals surface area contributed by atoms with Crippen molar-refractivity contribution in [3.05, 3.63) is 46.2 Å². The molecule has 0 bridgehead atoms. The van der Waals surface area contributed by atoms with Gasteiger partial charge < -0.3 is 14.8 Å². The fourth-order valence-corrected chi connectivity index (χ4v) is 3.05. The molecular formula is C18H21N3O3. The average Bonchev–Trinajstić information content (AvgIpc) is 2.59. The molecule has 6 nitrogen and oxygen atoms in total. The van der Waals surface area contributed by atoms with E-state index in [1.807, 2.05) is 32.0 Å². The topological polar surface area (TPSA) is 73.5 Å². The smallest absolute Gasteiger partial charge is 0.254 e. The van der Waals surface area contributed by atoms with Crippen LogP contribution in [0.5, 0.6) is 0 Å². The number of fused-ring (bicyclic) bond motifs is 1. The Hall–Kier alpha value is -2.63. The number of H-pyrrole nitrogens is 1. The maximum atomic E-state index is 12.8. The molecule has 2 heterocycles. The number of hydrogen-bond acceptors (Lipinski definition) is 3. The summed E-state index contributed by atoms with van der Waals surface area (Å²) in [5.74, 6) is -0.0819. The molecule has 0 atom stereocenters. The van der Waals surface area contributed by atoms with Crippen LogP contribution in [0.2, 0.25) is 0 Å². The lowest BCUT2D eigenvalue weighted by atomic mass is 10.1. The second-order valence-corrected chi connectivity index (χ2v) is 6.37. The van der Waals surface area contributed by atoms with E-state index >= 15 is 0 Å². The van der Waals surface area contributed by atoms with Gasteiger partial charge in [-0.2, -0.15) is 0 Å². The highest BCUT2D eigenvalue weighted by molar-refractivity contribution is 6.06. The summed E-state index contributed by atoms with van der Waals surface area (Å²) in [6.45, 7) is 5.79. The number of aromatic amines is 1. The van der Waals surface area contributed by atoms with Crippen LogP contribution in [0, 0.1) is 5.92 Å². The van der Waals surface area contributed by atoms with E-state index in [-0.39, 0.29) is 23.3 Å². The number of nitrogens with zero attached hydrogens (tertiary/aromatic N) is 2. The molecule has 2 aromatic rings. The summed E-state index contributed by atoms with van der Waals surface area (Å²) >= 11 is 0. The fourth-order valence-electron chi connectivity index (χ4n) is 3.05. The molecule has 2 amide bonds. The lowest BCUT2D eigenvalue weighted by Crippen LogP contribution is -2.51. The van der Waals surface area contributed by atoms with Crippen molar-refractivity contribution in [2.24, 2.45) is 5.92 Å². The van der Waals surface area contributed by atoms with Gasteiger partial charge in [0.2, 0.25) is 11.5 Å². The van der Waals surface area contributed by atoms with Crippen molar-refractivity contribution in [1.82, 2.24) is 14.8 Å². The Balaban J connectivity index is 1.82. The van der Waals surface area contributed by atoms with E-state index in [1.54, 1.807) is 15.9 Å². The first kappa shape index (κ1) is 16.2.